The van der Waals surface area contributed by atoms with Gasteiger partial charge in [-0.2, -0.15) is 0 Å². The van der Waals surface area contributed by atoms with Crippen molar-refractivity contribution in [2.45, 2.75) is 52.1 Å². The summed E-state index contributed by atoms with van der Waals surface area (Å²) in [5.41, 5.74) is 7.05. The zero-order valence-corrected chi connectivity index (χ0v) is 13.0. The Hall–Kier alpha value is -1.71. The molecule has 0 bridgehead atoms. The van der Waals surface area contributed by atoms with Gasteiger partial charge in [-0.25, -0.2) is 0 Å². The Morgan fingerprint density at radius 1 is 1.38 bits per heavy atom. The van der Waals surface area contributed by atoms with E-state index in [0.717, 1.165) is 18.8 Å². The molecule has 0 heterocycles. The maximum absolute atomic E-state index is 12.1. The SMILES string of the molecule is CCNC(=O)c1ccc(N)cc1OC1CCCC(CC)C1. The van der Waals surface area contributed by atoms with Crippen molar-refractivity contribution in [1.82, 2.24) is 5.32 Å². The number of hydrogen-bond acceptors (Lipinski definition) is 3. The van der Waals surface area contributed by atoms with Crippen LogP contribution in [0.3, 0.4) is 0 Å². The zero-order valence-electron chi connectivity index (χ0n) is 13.0. The molecule has 0 aliphatic heterocycles. The van der Waals surface area contributed by atoms with Crippen molar-refractivity contribution >= 4 is 11.6 Å². The highest BCUT2D eigenvalue weighted by atomic mass is 16.5. The highest BCUT2D eigenvalue weighted by Crippen LogP contribution is 2.31. The maximum Gasteiger partial charge on any atom is 0.255 e. The summed E-state index contributed by atoms with van der Waals surface area (Å²) in [7, 11) is 0. The molecule has 2 unspecified atom stereocenters. The topological polar surface area (TPSA) is 64.4 Å². The number of nitrogens with one attached hydrogen (secondary N) is 1. The fourth-order valence-electron chi connectivity index (χ4n) is 2.98. The zero-order chi connectivity index (χ0) is 15.2. The van der Waals surface area contributed by atoms with Gasteiger partial charge in [0.25, 0.3) is 5.91 Å². The molecule has 0 spiro atoms. The smallest absolute Gasteiger partial charge is 0.255 e. The van der Waals surface area contributed by atoms with Gasteiger partial charge in [0, 0.05) is 18.3 Å². The Balaban J connectivity index is 2.14. The van der Waals surface area contributed by atoms with E-state index in [0.29, 0.717) is 23.5 Å². The third-order valence-corrected chi connectivity index (χ3v) is 4.19. The maximum atomic E-state index is 12.1. The monoisotopic (exact) mass is 290 g/mol. The van der Waals surface area contributed by atoms with Crippen molar-refractivity contribution in [3.8, 4) is 5.75 Å². The van der Waals surface area contributed by atoms with Crippen LogP contribution in [0.4, 0.5) is 5.69 Å². The molecule has 3 N–H and O–H groups in total. The van der Waals surface area contributed by atoms with Crippen LogP contribution in [0.15, 0.2) is 18.2 Å². The second-order valence-corrected chi connectivity index (χ2v) is 5.80. The fraction of sp³-hybridized carbons (Fsp3) is 0.588. The molecule has 0 radical (unpaired) electrons. The molecule has 1 aromatic carbocycles. The Morgan fingerprint density at radius 3 is 2.90 bits per heavy atom. The number of nitrogens with two attached hydrogens (primary N) is 1. The van der Waals surface area contributed by atoms with E-state index in [1.165, 1.54) is 19.3 Å². The third-order valence-electron chi connectivity index (χ3n) is 4.19. The Kier molecular flexibility index (Phi) is 5.48. The molecule has 116 valence electrons. The number of anilines is 1. The summed E-state index contributed by atoms with van der Waals surface area (Å²) >= 11 is 0. The highest BCUT2D eigenvalue weighted by molar-refractivity contribution is 5.97. The number of hydrogen-bond donors (Lipinski definition) is 2. The molecule has 1 saturated carbocycles. The highest BCUT2D eigenvalue weighted by Gasteiger charge is 2.23. The minimum atomic E-state index is -0.102. The fourth-order valence-corrected chi connectivity index (χ4v) is 2.98. The number of rotatable bonds is 5. The van der Waals surface area contributed by atoms with Gasteiger partial charge < -0.3 is 15.8 Å². The summed E-state index contributed by atoms with van der Waals surface area (Å²) in [6.07, 6.45) is 6.00. The molecule has 4 heteroatoms. The lowest BCUT2D eigenvalue weighted by Gasteiger charge is -2.29. The van der Waals surface area contributed by atoms with Crippen LogP contribution in [-0.4, -0.2) is 18.6 Å². The van der Waals surface area contributed by atoms with Crippen molar-refractivity contribution in [3.63, 3.8) is 0 Å². The molecule has 1 fully saturated rings. The first-order valence-corrected chi connectivity index (χ1v) is 7.98. The summed E-state index contributed by atoms with van der Waals surface area (Å²) in [4.78, 5) is 12.1. The van der Waals surface area contributed by atoms with Gasteiger partial charge in [-0.1, -0.05) is 19.8 Å². The van der Waals surface area contributed by atoms with Crippen molar-refractivity contribution < 1.29 is 9.53 Å². The number of ether oxygens (including phenoxy) is 1. The van der Waals surface area contributed by atoms with Gasteiger partial charge >= 0.3 is 0 Å². The van der Waals surface area contributed by atoms with Crippen LogP contribution in [-0.2, 0) is 0 Å². The molecule has 21 heavy (non-hydrogen) atoms. The second kappa shape index (κ2) is 7.34. The van der Waals surface area contributed by atoms with Gasteiger partial charge in [0.2, 0.25) is 0 Å². The van der Waals surface area contributed by atoms with E-state index in [1.54, 1.807) is 18.2 Å². The Bertz CT molecular complexity index is 488. The largest absolute Gasteiger partial charge is 0.490 e. The average Bonchev–Trinajstić information content (AvgIpc) is 2.48. The van der Waals surface area contributed by atoms with Crippen LogP contribution in [0.1, 0.15) is 56.3 Å². The first-order valence-electron chi connectivity index (χ1n) is 7.98. The summed E-state index contributed by atoms with van der Waals surface area (Å²) in [6, 6.07) is 5.25. The van der Waals surface area contributed by atoms with E-state index in [9.17, 15) is 4.79 Å². The number of carbonyl (C=O) groups is 1. The predicted octanol–water partition coefficient (Wildman–Crippen LogP) is 3.37. The van der Waals surface area contributed by atoms with Crippen molar-refractivity contribution in [2.75, 3.05) is 12.3 Å². The molecule has 4 nitrogen and oxygen atoms in total. The Labute approximate surface area is 127 Å². The molecule has 1 aliphatic rings. The average molecular weight is 290 g/mol. The minimum absolute atomic E-state index is 0.102. The first kappa shape index (κ1) is 15.7. The van der Waals surface area contributed by atoms with Crippen molar-refractivity contribution in [3.05, 3.63) is 23.8 Å². The molecule has 1 aliphatic carbocycles. The van der Waals surface area contributed by atoms with Gasteiger partial charge in [0.15, 0.2) is 0 Å². The van der Waals surface area contributed by atoms with Crippen molar-refractivity contribution in [2.24, 2.45) is 5.92 Å². The lowest BCUT2D eigenvalue weighted by atomic mass is 9.85. The summed E-state index contributed by atoms with van der Waals surface area (Å²) in [6.45, 7) is 4.74. The van der Waals surface area contributed by atoms with E-state index in [-0.39, 0.29) is 12.0 Å². The molecule has 1 aromatic rings. The van der Waals surface area contributed by atoms with Gasteiger partial charge in [-0.15, -0.1) is 0 Å². The molecule has 2 rings (SSSR count). The van der Waals surface area contributed by atoms with Crippen LogP contribution in [0, 0.1) is 5.92 Å². The molecular formula is C17H26N2O2. The molecule has 1 amide bonds. The number of carbonyl (C=O) groups excluding carboxylic acids is 1. The quantitative estimate of drug-likeness (QED) is 0.817. The van der Waals surface area contributed by atoms with Gasteiger partial charge in [-0.3, -0.25) is 4.79 Å². The molecule has 0 aromatic heterocycles. The summed E-state index contributed by atoms with van der Waals surface area (Å²) in [5.74, 6) is 1.25. The van der Waals surface area contributed by atoms with Gasteiger partial charge in [-0.05, 0) is 44.2 Å². The second-order valence-electron chi connectivity index (χ2n) is 5.80. The lowest BCUT2D eigenvalue weighted by Crippen LogP contribution is -2.28. The normalized spacial score (nSPS) is 21.8. The standard InChI is InChI=1S/C17H26N2O2/c1-3-12-6-5-7-14(10-12)21-16-11-13(18)8-9-15(16)17(20)19-4-2/h8-9,11-12,14H,3-7,10,18H2,1-2H3,(H,19,20). The van der Waals surface area contributed by atoms with E-state index in [2.05, 4.69) is 12.2 Å². The Morgan fingerprint density at radius 2 is 2.19 bits per heavy atom. The first-order chi connectivity index (χ1) is 10.1. The van der Waals surface area contributed by atoms with E-state index in [4.69, 9.17) is 10.5 Å². The van der Waals surface area contributed by atoms with E-state index < -0.39 is 0 Å². The molecule has 2 atom stereocenters. The van der Waals surface area contributed by atoms with Crippen LogP contribution >= 0.6 is 0 Å². The lowest BCUT2D eigenvalue weighted by molar-refractivity contribution is 0.0934. The number of nitrogen functional groups attached to an aromatic ring is 1. The van der Waals surface area contributed by atoms with Crippen LogP contribution in [0.25, 0.3) is 0 Å². The van der Waals surface area contributed by atoms with Gasteiger partial charge in [0.1, 0.15) is 5.75 Å². The van der Waals surface area contributed by atoms with Crippen LogP contribution < -0.4 is 15.8 Å². The minimum Gasteiger partial charge on any atom is -0.490 e. The van der Waals surface area contributed by atoms with Crippen molar-refractivity contribution in [1.29, 1.82) is 0 Å². The summed E-state index contributed by atoms with van der Waals surface area (Å²) < 4.78 is 6.13. The third kappa shape index (κ3) is 4.13. The summed E-state index contributed by atoms with van der Waals surface area (Å²) in [5, 5.41) is 2.82. The van der Waals surface area contributed by atoms with Gasteiger partial charge in [0.05, 0.1) is 11.7 Å². The molecular weight excluding hydrogens is 264 g/mol. The van der Waals surface area contributed by atoms with Crippen LogP contribution in [0.2, 0.25) is 0 Å². The number of benzene rings is 1. The molecule has 0 saturated heterocycles. The predicted molar refractivity (Wildman–Crippen MR) is 85.5 cm³/mol. The van der Waals surface area contributed by atoms with E-state index in [1.807, 2.05) is 6.92 Å². The number of amides is 1. The van der Waals surface area contributed by atoms with E-state index >= 15 is 0 Å². The van der Waals surface area contributed by atoms with Crippen LogP contribution in [0.5, 0.6) is 5.75 Å².